The van der Waals surface area contributed by atoms with Gasteiger partial charge in [-0.25, -0.2) is 12.8 Å². The van der Waals surface area contributed by atoms with E-state index < -0.39 is 21.6 Å². The predicted molar refractivity (Wildman–Crippen MR) is 70.0 cm³/mol. The zero-order valence-corrected chi connectivity index (χ0v) is 10.9. The monoisotopic (exact) mass is 276 g/mol. The number of hydrogen-bond acceptors (Lipinski definition) is 3. The number of nitrogens with zero attached hydrogens (tertiary/aromatic N) is 1. The fraction of sp³-hybridized carbons (Fsp3) is 0.300. The summed E-state index contributed by atoms with van der Waals surface area (Å²) < 4.78 is 38.0. The summed E-state index contributed by atoms with van der Waals surface area (Å²) in [6, 6.07) is 5.37. The second-order valence-electron chi connectivity index (χ2n) is 3.37. The standard InChI is InChI=1S/C10H13FN2O2S2/c1-2-13(17(14,15)7-10(12)16)9-5-3-4-8(11)6-9/h3-6H,2,7H2,1H3,(H2,12,16). The molecule has 1 rings (SSSR count). The molecular formula is C10H13FN2O2S2. The highest BCUT2D eigenvalue weighted by Gasteiger charge is 2.22. The van der Waals surface area contributed by atoms with E-state index in [1.807, 2.05) is 0 Å². The third kappa shape index (κ3) is 3.64. The van der Waals surface area contributed by atoms with Crippen LogP contribution in [0.1, 0.15) is 6.92 Å². The number of benzene rings is 1. The molecule has 1 aromatic carbocycles. The topological polar surface area (TPSA) is 63.4 Å². The molecule has 0 saturated heterocycles. The number of sulfonamides is 1. The quantitative estimate of drug-likeness (QED) is 0.823. The lowest BCUT2D eigenvalue weighted by Crippen LogP contribution is -2.36. The SMILES string of the molecule is CCN(c1cccc(F)c1)S(=O)(=O)CC(N)=S. The fourth-order valence-electron chi connectivity index (χ4n) is 1.43. The van der Waals surface area contributed by atoms with Crippen LogP contribution in [-0.4, -0.2) is 25.7 Å². The van der Waals surface area contributed by atoms with E-state index in [-0.39, 0.29) is 17.2 Å². The molecule has 17 heavy (non-hydrogen) atoms. The maximum atomic E-state index is 13.0. The van der Waals surface area contributed by atoms with Crippen LogP contribution >= 0.6 is 12.2 Å². The summed E-state index contributed by atoms with van der Waals surface area (Å²) in [4.78, 5) is -0.111. The van der Waals surface area contributed by atoms with Gasteiger partial charge in [0, 0.05) is 6.54 Å². The first kappa shape index (κ1) is 13.9. The second kappa shape index (κ2) is 5.42. The number of halogens is 1. The molecule has 7 heteroatoms. The number of anilines is 1. The van der Waals surface area contributed by atoms with Crippen molar-refractivity contribution in [3.63, 3.8) is 0 Å². The van der Waals surface area contributed by atoms with Gasteiger partial charge in [-0.1, -0.05) is 18.3 Å². The minimum Gasteiger partial charge on any atom is -0.392 e. The van der Waals surface area contributed by atoms with Gasteiger partial charge >= 0.3 is 0 Å². The average Bonchev–Trinajstić information content (AvgIpc) is 2.15. The number of hydrogen-bond donors (Lipinski definition) is 1. The van der Waals surface area contributed by atoms with E-state index in [0.717, 1.165) is 10.4 Å². The van der Waals surface area contributed by atoms with Crippen LogP contribution in [-0.2, 0) is 10.0 Å². The maximum Gasteiger partial charge on any atom is 0.241 e. The molecule has 0 heterocycles. The average molecular weight is 276 g/mol. The van der Waals surface area contributed by atoms with Crippen LogP contribution < -0.4 is 10.0 Å². The Labute approximate surface area is 105 Å². The lowest BCUT2D eigenvalue weighted by Gasteiger charge is -2.22. The number of rotatable bonds is 5. The van der Waals surface area contributed by atoms with Crippen LogP contribution in [0.15, 0.2) is 24.3 Å². The molecule has 1 aromatic rings. The highest BCUT2D eigenvalue weighted by molar-refractivity contribution is 7.95. The minimum atomic E-state index is -3.64. The van der Waals surface area contributed by atoms with Crippen molar-refractivity contribution in [1.82, 2.24) is 0 Å². The Hall–Kier alpha value is -1.21. The van der Waals surface area contributed by atoms with Crippen LogP contribution in [0.4, 0.5) is 10.1 Å². The van der Waals surface area contributed by atoms with Gasteiger partial charge in [-0.2, -0.15) is 0 Å². The molecule has 0 amide bonds. The highest BCUT2D eigenvalue weighted by Crippen LogP contribution is 2.19. The summed E-state index contributed by atoms with van der Waals surface area (Å²) in [6.45, 7) is 1.84. The highest BCUT2D eigenvalue weighted by atomic mass is 32.2. The molecule has 0 aliphatic heterocycles. The predicted octanol–water partition coefficient (Wildman–Crippen LogP) is 1.27. The van der Waals surface area contributed by atoms with E-state index in [0.29, 0.717) is 0 Å². The summed E-state index contributed by atoms with van der Waals surface area (Å²) in [5.74, 6) is -0.918. The Morgan fingerprint density at radius 3 is 2.65 bits per heavy atom. The molecule has 0 aliphatic carbocycles. The summed E-state index contributed by atoms with van der Waals surface area (Å²) in [5.41, 5.74) is 5.50. The summed E-state index contributed by atoms with van der Waals surface area (Å²) in [7, 11) is -3.64. The third-order valence-corrected chi connectivity index (χ3v) is 4.19. The lowest BCUT2D eigenvalue weighted by atomic mass is 10.3. The van der Waals surface area contributed by atoms with Crippen molar-refractivity contribution in [2.45, 2.75) is 6.92 Å². The fourth-order valence-corrected chi connectivity index (χ4v) is 3.22. The largest absolute Gasteiger partial charge is 0.392 e. The Balaban J connectivity index is 3.12. The smallest absolute Gasteiger partial charge is 0.241 e. The molecule has 0 fully saturated rings. The summed E-state index contributed by atoms with van der Waals surface area (Å²) >= 11 is 4.58. The van der Waals surface area contributed by atoms with Crippen LogP contribution in [0.2, 0.25) is 0 Å². The molecule has 4 nitrogen and oxygen atoms in total. The van der Waals surface area contributed by atoms with E-state index in [1.54, 1.807) is 6.92 Å². The van der Waals surface area contributed by atoms with E-state index in [2.05, 4.69) is 12.2 Å². The Morgan fingerprint density at radius 2 is 2.18 bits per heavy atom. The van der Waals surface area contributed by atoms with Crippen molar-refractivity contribution in [1.29, 1.82) is 0 Å². The molecular weight excluding hydrogens is 263 g/mol. The van der Waals surface area contributed by atoms with E-state index >= 15 is 0 Å². The van der Waals surface area contributed by atoms with Crippen molar-refractivity contribution in [2.24, 2.45) is 5.73 Å². The molecule has 0 aromatic heterocycles. The number of nitrogens with two attached hydrogens (primary N) is 1. The Kier molecular flexibility index (Phi) is 4.41. The van der Waals surface area contributed by atoms with E-state index in [1.165, 1.54) is 18.2 Å². The molecule has 0 radical (unpaired) electrons. The molecule has 2 N–H and O–H groups in total. The van der Waals surface area contributed by atoms with Crippen LogP contribution in [0, 0.1) is 5.82 Å². The normalized spacial score (nSPS) is 11.2. The number of thiocarbonyl (C=S) groups is 1. The van der Waals surface area contributed by atoms with Gasteiger partial charge in [-0.15, -0.1) is 0 Å². The van der Waals surface area contributed by atoms with Crippen molar-refractivity contribution in [3.8, 4) is 0 Å². The first-order chi connectivity index (χ1) is 7.86. The third-order valence-electron chi connectivity index (χ3n) is 2.04. The van der Waals surface area contributed by atoms with Gasteiger partial charge in [0.2, 0.25) is 10.0 Å². The van der Waals surface area contributed by atoms with Crippen molar-refractivity contribution >= 4 is 32.9 Å². The first-order valence-corrected chi connectivity index (χ1v) is 6.93. The zero-order valence-electron chi connectivity index (χ0n) is 9.26. The molecule has 0 unspecified atom stereocenters. The van der Waals surface area contributed by atoms with Crippen LogP contribution in [0.25, 0.3) is 0 Å². The molecule has 94 valence electrons. The summed E-state index contributed by atoms with van der Waals surface area (Å²) in [5, 5.41) is 0. The molecule has 0 spiro atoms. The van der Waals surface area contributed by atoms with Gasteiger partial charge in [0.25, 0.3) is 0 Å². The van der Waals surface area contributed by atoms with Crippen molar-refractivity contribution in [2.75, 3.05) is 16.6 Å². The minimum absolute atomic E-state index is 0.111. The lowest BCUT2D eigenvalue weighted by molar-refractivity contribution is 0.595. The van der Waals surface area contributed by atoms with Crippen molar-refractivity contribution < 1.29 is 12.8 Å². The molecule has 0 saturated carbocycles. The Morgan fingerprint density at radius 1 is 1.53 bits per heavy atom. The molecule has 0 bridgehead atoms. The van der Waals surface area contributed by atoms with Crippen LogP contribution in [0.5, 0.6) is 0 Å². The second-order valence-corrected chi connectivity index (χ2v) is 5.78. The van der Waals surface area contributed by atoms with Crippen LogP contribution in [0.3, 0.4) is 0 Å². The van der Waals surface area contributed by atoms with Crippen molar-refractivity contribution in [3.05, 3.63) is 30.1 Å². The van der Waals surface area contributed by atoms with Gasteiger partial charge in [-0.3, -0.25) is 4.31 Å². The Bertz CT molecular complexity index is 517. The van der Waals surface area contributed by atoms with Gasteiger partial charge in [-0.05, 0) is 25.1 Å². The summed E-state index contributed by atoms with van der Waals surface area (Å²) in [6.07, 6.45) is 0. The van der Waals surface area contributed by atoms with Gasteiger partial charge in [0.1, 0.15) is 11.6 Å². The zero-order chi connectivity index (χ0) is 13.1. The molecule has 0 atom stereocenters. The van der Waals surface area contributed by atoms with Gasteiger partial charge < -0.3 is 5.73 Å². The van der Waals surface area contributed by atoms with Gasteiger partial charge in [0.05, 0.1) is 10.7 Å². The molecule has 0 aliphatic rings. The van der Waals surface area contributed by atoms with Gasteiger partial charge in [0.15, 0.2) is 0 Å². The van der Waals surface area contributed by atoms with E-state index in [4.69, 9.17) is 5.73 Å². The maximum absolute atomic E-state index is 13.0. The van der Waals surface area contributed by atoms with E-state index in [9.17, 15) is 12.8 Å². The first-order valence-electron chi connectivity index (χ1n) is 4.91.